The maximum absolute atomic E-state index is 10.8. The Hall–Kier alpha value is -0.290. The lowest BCUT2D eigenvalue weighted by Crippen LogP contribution is -2.26. The molecule has 1 fully saturated rings. The van der Waals surface area contributed by atoms with Crippen LogP contribution in [0.15, 0.2) is 0 Å². The van der Waals surface area contributed by atoms with Crippen molar-refractivity contribution >= 4 is 34.3 Å². The predicted molar refractivity (Wildman–Crippen MR) is 53.3 cm³/mol. The van der Waals surface area contributed by atoms with Gasteiger partial charge in [0.05, 0.1) is 13.5 Å². The number of esters is 1. The van der Waals surface area contributed by atoms with Crippen molar-refractivity contribution in [3.05, 3.63) is 0 Å². The molecule has 68 valence electrons. The van der Waals surface area contributed by atoms with Crippen molar-refractivity contribution in [2.45, 2.75) is 6.42 Å². The van der Waals surface area contributed by atoms with Gasteiger partial charge in [-0.1, -0.05) is 24.0 Å². The van der Waals surface area contributed by atoms with Crippen LogP contribution in [0.3, 0.4) is 0 Å². The number of nitrogens with zero attached hydrogens (tertiary/aromatic N) is 1. The average Bonchev–Trinajstić information content (AvgIpc) is 2.47. The van der Waals surface area contributed by atoms with Crippen molar-refractivity contribution in [1.29, 1.82) is 0 Å². The molecule has 12 heavy (non-hydrogen) atoms. The number of thioether (sulfide) groups is 1. The number of hydrogen-bond acceptors (Lipinski definition) is 4. The number of carbonyl (C=O) groups is 1. The topological polar surface area (TPSA) is 29.5 Å². The van der Waals surface area contributed by atoms with Gasteiger partial charge in [-0.05, 0) is 0 Å². The molecule has 1 saturated heterocycles. The number of methoxy groups -OCH3 is 1. The molecule has 5 heteroatoms. The number of rotatable bonds is 3. The van der Waals surface area contributed by atoms with Crippen LogP contribution in [0.25, 0.3) is 0 Å². The molecule has 1 heterocycles. The van der Waals surface area contributed by atoms with E-state index in [1.807, 2.05) is 4.90 Å². The van der Waals surface area contributed by atoms with E-state index in [0.717, 1.165) is 16.6 Å². The van der Waals surface area contributed by atoms with E-state index in [1.54, 1.807) is 11.8 Å². The minimum absolute atomic E-state index is 0.172. The molecule has 1 aliphatic heterocycles. The van der Waals surface area contributed by atoms with E-state index >= 15 is 0 Å². The van der Waals surface area contributed by atoms with Gasteiger partial charge < -0.3 is 9.64 Å². The predicted octanol–water partition coefficient (Wildman–Crippen LogP) is 0.883. The van der Waals surface area contributed by atoms with Gasteiger partial charge in [-0.25, -0.2) is 0 Å². The fourth-order valence-corrected chi connectivity index (χ4v) is 2.24. The summed E-state index contributed by atoms with van der Waals surface area (Å²) in [6, 6.07) is 0. The standard InChI is InChI=1S/C7H11NO2S2/c1-10-6(9)2-3-8-4-5-12-7(8)11/h2-5H2,1H3. The lowest BCUT2D eigenvalue weighted by Gasteiger charge is -2.14. The van der Waals surface area contributed by atoms with E-state index in [2.05, 4.69) is 4.74 Å². The fraction of sp³-hybridized carbons (Fsp3) is 0.714. The third kappa shape index (κ3) is 2.64. The first-order chi connectivity index (χ1) is 5.74. The second-order valence-electron chi connectivity index (χ2n) is 2.43. The van der Waals surface area contributed by atoms with Crippen molar-refractivity contribution < 1.29 is 9.53 Å². The Morgan fingerprint density at radius 3 is 3.08 bits per heavy atom. The van der Waals surface area contributed by atoms with Gasteiger partial charge in [0.15, 0.2) is 0 Å². The normalized spacial score (nSPS) is 16.8. The van der Waals surface area contributed by atoms with Crippen LogP contribution in [-0.4, -0.2) is 41.1 Å². The molecule has 0 aromatic heterocycles. The summed E-state index contributed by atoms with van der Waals surface area (Å²) in [5, 5.41) is 0. The summed E-state index contributed by atoms with van der Waals surface area (Å²) in [6.07, 6.45) is 0.428. The maximum atomic E-state index is 10.8. The second-order valence-corrected chi connectivity index (χ2v) is 4.16. The molecule has 0 aromatic carbocycles. The Labute approximate surface area is 81.4 Å². The minimum atomic E-state index is -0.172. The molecule has 0 unspecified atom stereocenters. The van der Waals surface area contributed by atoms with Gasteiger partial charge in [0.1, 0.15) is 4.32 Å². The largest absolute Gasteiger partial charge is 0.469 e. The summed E-state index contributed by atoms with van der Waals surface area (Å²) in [7, 11) is 1.40. The van der Waals surface area contributed by atoms with Gasteiger partial charge in [-0.3, -0.25) is 4.79 Å². The number of hydrogen-bond donors (Lipinski definition) is 0. The van der Waals surface area contributed by atoms with Gasteiger partial charge >= 0.3 is 5.97 Å². The highest BCUT2D eigenvalue weighted by Gasteiger charge is 2.17. The molecular formula is C7H11NO2S2. The van der Waals surface area contributed by atoms with Crippen LogP contribution in [0.5, 0.6) is 0 Å². The first kappa shape index (κ1) is 9.80. The Balaban J connectivity index is 2.22. The molecule has 0 atom stereocenters. The van der Waals surface area contributed by atoms with Gasteiger partial charge in [-0.2, -0.15) is 0 Å². The summed E-state index contributed by atoms with van der Waals surface area (Å²) in [6.45, 7) is 1.65. The van der Waals surface area contributed by atoms with E-state index in [-0.39, 0.29) is 5.97 Å². The van der Waals surface area contributed by atoms with Crippen molar-refractivity contribution in [3.8, 4) is 0 Å². The molecule has 0 spiro atoms. The number of ether oxygens (including phenoxy) is 1. The molecule has 0 aromatic rings. The van der Waals surface area contributed by atoms with Crippen molar-refractivity contribution in [2.75, 3.05) is 26.0 Å². The highest BCUT2D eigenvalue weighted by Crippen LogP contribution is 2.17. The molecule has 3 nitrogen and oxygen atoms in total. The Morgan fingerprint density at radius 2 is 2.58 bits per heavy atom. The molecule has 1 aliphatic rings. The zero-order valence-electron chi connectivity index (χ0n) is 6.91. The lowest BCUT2D eigenvalue weighted by molar-refractivity contribution is -0.140. The van der Waals surface area contributed by atoms with Gasteiger partial charge in [0.2, 0.25) is 0 Å². The summed E-state index contributed by atoms with van der Waals surface area (Å²) < 4.78 is 5.43. The smallest absolute Gasteiger partial charge is 0.307 e. The highest BCUT2D eigenvalue weighted by atomic mass is 32.2. The van der Waals surface area contributed by atoms with Crippen molar-refractivity contribution in [1.82, 2.24) is 4.90 Å². The van der Waals surface area contributed by atoms with E-state index in [0.29, 0.717) is 13.0 Å². The Morgan fingerprint density at radius 1 is 1.83 bits per heavy atom. The first-order valence-corrected chi connectivity index (χ1v) is 5.12. The lowest BCUT2D eigenvalue weighted by atomic mass is 10.4. The Bertz CT molecular complexity index is 196. The van der Waals surface area contributed by atoms with Gasteiger partial charge in [-0.15, -0.1) is 0 Å². The zero-order valence-corrected chi connectivity index (χ0v) is 8.54. The second kappa shape index (κ2) is 4.67. The highest BCUT2D eigenvalue weighted by molar-refractivity contribution is 8.23. The monoisotopic (exact) mass is 205 g/mol. The van der Waals surface area contributed by atoms with Crippen LogP contribution in [0, 0.1) is 0 Å². The summed E-state index contributed by atoms with van der Waals surface area (Å²) in [4.78, 5) is 12.8. The van der Waals surface area contributed by atoms with Crippen LogP contribution >= 0.6 is 24.0 Å². The van der Waals surface area contributed by atoms with Crippen LogP contribution in [0.1, 0.15) is 6.42 Å². The van der Waals surface area contributed by atoms with E-state index in [4.69, 9.17) is 12.2 Å². The molecule has 0 bridgehead atoms. The summed E-state index contributed by atoms with van der Waals surface area (Å²) in [5.74, 6) is 0.870. The first-order valence-electron chi connectivity index (χ1n) is 3.72. The molecule has 1 rings (SSSR count). The SMILES string of the molecule is COC(=O)CCN1CCSC1=S. The van der Waals surface area contributed by atoms with Crippen molar-refractivity contribution in [2.24, 2.45) is 0 Å². The molecular weight excluding hydrogens is 194 g/mol. The third-order valence-electron chi connectivity index (χ3n) is 1.66. The maximum Gasteiger partial charge on any atom is 0.307 e. The molecule has 0 saturated carbocycles. The van der Waals surface area contributed by atoms with E-state index < -0.39 is 0 Å². The zero-order chi connectivity index (χ0) is 8.97. The molecule has 0 amide bonds. The average molecular weight is 205 g/mol. The van der Waals surface area contributed by atoms with Crippen LogP contribution in [0.4, 0.5) is 0 Å². The third-order valence-corrected chi connectivity index (χ3v) is 3.16. The van der Waals surface area contributed by atoms with Gasteiger partial charge in [0.25, 0.3) is 0 Å². The quantitative estimate of drug-likeness (QED) is 0.504. The van der Waals surface area contributed by atoms with E-state index in [9.17, 15) is 4.79 Å². The van der Waals surface area contributed by atoms with E-state index in [1.165, 1.54) is 7.11 Å². The molecule has 0 aliphatic carbocycles. The molecule has 0 N–H and O–H groups in total. The summed E-state index contributed by atoms with van der Waals surface area (Å²) >= 11 is 6.74. The van der Waals surface area contributed by atoms with Crippen LogP contribution in [-0.2, 0) is 9.53 Å². The number of carbonyl (C=O) groups excluding carboxylic acids is 1. The fourth-order valence-electron chi connectivity index (χ4n) is 0.957. The Kier molecular flexibility index (Phi) is 3.81. The van der Waals surface area contributed by atoms with Crippen molar-refractivity contribution in [3.63, 3.8) is 0 Å². The minimum Gasteiger partial charge on any atom is -0.469 e. The summed E-state index contributed by atoms with van der Waals surface area (Å²) in [5.41, 5.74) is 0. The van der Waals surface area contributed by atoms with Crippen LogP contribution < -0.4 is 0 Å². The van der Waals surface area contributed by atoms with Gasteiger partial charge in [0, 0.05) is 18.8 Å². The number of thiocarbonyl (C=S) groups is 1. The molecule has 0 radical (unpaired) electrons. The van der Waals surface area contributed by atoms with Crippen LogP contribution in [0.2, 0.25) is 0 Å².